The van der Waals surface area contributed by atoms with E-state index in [1.54, 1.807) is 30.3 Å². The Balaban J connectivity index is 2.69. The molecule has 31 heavy (non-hydrogen) atoms. The lowest BCUT2D eigenvalue weighted by atomic mass is 10.1. The second-order valence-electron chi connectivity index (χ2n) is 6.77. The van der Waals surface area contributed by atoms with Crippen LogP contribution in [-0.2, 0) is 30.4 Å². The molecule has 170 valence electrons. The number of carbonyl (C=O) groups excluding carboxylic acids is 3. The van der Waals surface area contributed by atoms with Gasteiger partial charge in [0.2, 0.25) is 17.7 Å². The molecule has 4 unspecified atom stereocenters. The average molecular weight is 438 g/mol. The molecule has 0 heterocycles. The second kappa shape index (κ2) is 12.2. The lowest BCUT2D eigenvalue weighted by Gasteiger charge is -2.22. The molecule has 1 aromatic rings. The minimum atomic E-state index is -1.47. The van der Waals surface area contributed by atoms with Crippen molar-refractivity contribution >= 4 is 29.7 Å². The van der Waals surface area contributed by atoms with E-state index in [0.717, 1.165) is 0 Å². The van der Waals surface area contributed by atoms with Gasteiger partial charge in [0.1, 0.15) is 18.1 Å². The van der Waals surface area contributed by atoms with E-state index in [1.165, 1.54) is 6.92 Å². The smallest absolute Gasteiger partial charge is 0.326 e. The van der Waals surface area contributed by atoms with Gasteiger partial charge in [-0.1, -0.05) is 30.3 Å². The Morgan fingerprint density at radius 2 is 1.48 bits per heavy atom. The van der Waals surface area contributed by atoms with Crippen molar-refractivity contribution in [2.45, 2.75) is 43.9 Å². The first-order valence-electron chi connectivity index (χ1n) is 9.31. The number of aliphatic hydroxyl groups excluding tert-OH is 1. The predicted molar refractivity (Wildman–Crippen MR) is 107 cm³/mol. The molecule has 3 amide bonds. The summed E-state index contributed by atoms with van der Waals surface area (Å²) >= 11 is 0. The van der Waals surface area contributed by atoms with E-state index in [4.69, 9.17) is 10.8 Å². The zero-order chi connectivity index (χ0) is 23.6. The van der Waals surface area contributed by atoms with Crippen LogP contribution in [0.5, 0.6) is 0 Å². The molecule has 12 heteroatoms. The van der Waals surface area contributed by atoms with Crippen molar-refractivity contribution in [3.63, 3.8) is 0 Å². The minimum absolute atomic E-state index is 0.0120. The third-order valence-corrected chi connectivity index (χ3v) is 4.20. The number of carboxylic acids is 2. The van der Waals surface area contributed by atoms with Gasteiger partial charge in [-0.25, -0.2) is 4.79 Å². The molecule has 4 atom stereocenters. The Bertz CT molecular complexity index is 801. The first kappa shape index (κ1) is 25.5. The standard InChI is InChI=1S/C19H26N4O8/c1-10(21-17(28)12(20)8-15(25)26)16(27)23-14(9-24)18(29)22-13(19(30)31)7-11-5-3-2-4-6-11/h2-6,10,12-14,24H,7-9,20H2,1H3,(H,21,28)(H,22,29)(H,23,27)(H,25,26)(H,30,31). The Morgan fingerprint density at radius 3 is 2.00 bits per heavy atom. The molecule has 0 spiro atoms. The highest BCUT2D eigenvalue weighted by Crippen LogP contribution is 2.04. The van der Waals surface area contributed by atoms with Gasteiger partial charge in [-0.05, 0) is 12.5 Å². The van der Waals surface area contributed by atoms with Crippen molar-refractivity contribution in [2.24, 2.45) is 5.73 Å². The summed E-state index contributed by atoms with van der Waals surface area (Å²) in [5.41, 5.74) is 6.07. The second-order valence-corrected chi connectivity index (χ2v) is 6.77. The van der Waals surface area contributed by atoms with Crippen LogP contribution in [0.25, 0.3) is 0 Å². The van der Waals surface area contributed by atoms with E-state index < -0.39 is 66.9 Å². The highest BCUT2D eigenvalue weighted by atomic mass is 16.4. The summed E-state index contributed by atoms with van der Waals surface area (Å²) in [5, 5.41) is 34.1. The Morgan fingerprint density at radius 1 is 0.903 bits per heavy atom. The highest BCUT2D eigenvalue weighted by Gasteiger charge is 2.28. The quantitative estimate of drug-likeness (QED) is 0.185. The minimum Gasteiger partial charge on any atom is -0.481 e. The molecule has 1 aromatic carbocycles. The normalized spacial score (nSPS) is 14.4. The number of hydrogen-bond donors (Lipinski definition) is 7. The summed E-state index contributed by atoms with van der Waals surface area (Å²) in [4.78, 5) is 58.5. The summed E-state index contributed by atoms with van der Waals surface area (Å²) in [6.07, 6.45) is -0.651. The van der Waals surface area contributed by atoms with Crippen LogP contribution in [0.15, 0.2) is 30.3 Å². The largest absolute Gasteiger partial charge is 0.481 e. The number of nitrogens with two attached hydrogens (primary N) is 1. The SMILES string of the molecule is CC(NC(=O)C(N)CC(=O)O)C(=O)NC(CO)C(=O)NC(Cc1ccccc1)C(=O)O. The molecule has 0 aromatic heterocycles. The first-order chi connectivity index (χ1) is 14.5. The number of nitrogens with one attached hydrogen (secondary N) is 3. The van der Waals surface area contributed by atoms with Crippen LogP contribution < -0.4 is 21.7 Å². The molecule has 0 radical (unpaired) electrons. The maximum absolute atomic E-state index is 12.4. The topological polar surface area (TPSA) is 208 Å². The van der Waals surface area contributed by atoms with Gasteiger partial charge in [0.25, 0.3) is 0 Å². The van der Waals surface area contributed by atoms with E-state index in [9.17, 15) is 34.2 Å². The van der Waals surface area contributed by atoms with Gasteiger partial charge in [-0.2, -0.15) is 0 Å². The van der Waals surface area contributed by atoms with Crippen molar-refractivity contribution in [3.05, 3.63) is 35.9 Å². The predicted octanol–water partition coefficient (Wildman–Crippen LogP) is -2.42. The molecule has 12 nitrogen and oxygen atoms in total. The first-order valence-corrected chi connectivity index (χ1v) is 9.31. The summed E-state index contributed by atoms with van der Waals surface area (Å²) < 4.78 is 0. The van der Waals surface area contributed by atoms with E-state index in [0.29, 0.717) is 5.56 Å². The van der Waals surface area contributed by atoms with Crippen molar-refractivity contribution in [2.75, 3.05) is 6.61 Å². The van der Waals surface area contributed by atoms with Crippen LogP contribution in [0.1, 0.15) is 18.9 Å². The number of carbonyl (C=O) groups is 5. The van der Waals surface area contributed by atoms with Gasteiger partial charge >= 0.3 is 11.9 Å². The maximum Gasteiger partial charge on any atom is 0.326 e. The molecule has 0 saturated heterocycles. The van der Waals surface area contributed by atoms with Gasteiger partial charge in [-0.3, -0.25) is 19.2 Å². The summed E-state index contributed by atoms with van der Waals surface area (Å²) in [5.74, 6) is -5.27. The molecule has 1 rings (SSSR count). The number of amides is 3. The molecule has 0 aliphatic heterocycles. The number of rotatable bonds is 12. The Labute approximate surface area is 177 Å². The third-order valence-electron chi connectivity index (χ3n) is 4.20. The number of aliphatic hydroxyl groups is 1. The van der Waals surface area contributed by atoms with Crippen LogP contribution in [0.4, 0.5) is 0 Å². The van der Waals surface area contributed by atoms with E-state index in [-0.39, 0.29) is 6.42 Å². The van der Waals surface area contributed by atoms with Crippen LogP contribution in [-0.4, -0.2) is 75.8 Å². The van der Waals surface area contributed by atoms with E-state index in [1.807, 2.05) is 0 Å². The summed E-state index contributed by atoms with van der Waals surface area (Å²) in [6, 6.07) is 3.20. The Kier molecular flexibility index (Phi) is 10.1. The van der Waals surface area contributed by atoms with Gasteiger partial charge in [0.15, 0.2) is 0 Å². The van der Waals surface area contributed by atoms with Crippen LogP contribution >= 0.6 is 0 Å². The summed E-state index contributed by atoms with van der Waals surface area (Å²) in [6.45, 7) is 0.441. The van der Waals surface area contributed by atoms with Crippen molar-refractivity contribution in [3.8, 4) is 0 Å². The molecule has 0 saturated carbocycles. The monoisotopic (exact) mass is 438 g/mol. The lowest BCUT2D eigenvalue weighted by molar-refractivity contribution is -0.142. The molecular weight excluding hydrogens is 412 g/mol. The molecule has 0 bridgehead atoms. The fourth-order valence-corrected chi connectivity index (χ4v) is 2.48. The van der Waals surface area contributed by atoms with E-state index >= 15 is 0 Å². The van der Waals surface area contributed by atoms with Crippen LogP contribution in [0, 0.1) is 0 Å². The van der Waals surface area contributed by atoms with Crippen LogP contribution in [0.3, 0.4) is 0 Å². The average Bonchev–Trinajstić information content (AvgIpc) is 2.71. The fourth-order valence-electron chi connectivity index (χ4n) is 2.48. The van der Waals surface area contributed by atoms with Gasteiger partial charge in [0, 0.05) is 6.42 Å². The maximum atomic E-state index is 12.4. The van der Waals surface area contributed by atoms with Gasteiger partial charge in [0.05, 0.1) is 19.1 Å². The van der Waals surface area contributed by atoms with E-state index in [2.05, 4.69) is 16.0 Å². The number of hydrogen-bond acceptors (Lipinski definition) is 7. The summed E-state index contributed by atoms with van der Waals surface area (Å²) in [7, 11) is 0. The molecular formula is C19H26N4O8. The number of carboxylic acid groups (broad SMARTS) is 2. The highest BCUT2D eigenvalue weighted by molar-refractivity contribution is 5.94. The number of aliphatic carboxylic acids is 2. The van der Waals surface area contributed by atoms with Gasteiger partial charge in [-0.15, -0.1) is 0 Å². The van der Waals surface area contributed by atoms with Crippen LogP contribution in [0.2, 0.25) is 0 Å². The molecule has 0 aliphatic carbocycles. The fraction of sp³-hybridized carbons (Fsp3) is 0.421. The van der Waals surface area contributed by atoms with Gasteiger partial charge < -0.3 is 37.0 Å². The molecule has 8 N–H and O–H groups in total. The Hall–Kier alpha value is -3.51. The lowest BCUT2D eigenvalue weighted by Crippen LogP contribution is -2.57. The zero-order valence-electron chi connectivity index (χ0n) is 16.8. The zero-order valence-corrected chi connectivity index (χ0v) is 16.8. The number of benzene rings is 1. The molecule has 0 aliphatic rings. The van der Waals surface area contributed by atoms with Crippen molar-refractivity contribution in [1.29, 1.82) is 0 Å². The van der Waals surface area contributed by atoms with Crippen molar-refractivity contribution < 1.29 is 39.3 Å². The third kappa shape index (κ3) is 8.80. The molecule has 0 fully saturated rings. The van der Waals surface area contributed by atoms with Crippen molar-refractivity contribution in [1.82, 2.24) is 16.0 Å².